The van der Waals surface area contributed by atoms with Gasteiger partial charge in [0.15, 0.2) is 6.29 Å². The van der Waals surface area contributed by atoms with Crippen molar-refractivity contribution < 1.29 is 14.7 Å². The Morgan fingerprint density at radius 1 is 1.00 bits per heavy atom. The van der Waals surface area contributed by atoms with E-state index in [1.54, 1.807) is 27.3 Å². The van der Waals surface area contributed by atoms with Crippen molar-refractivity contribution in [3.05, 3.63) is 81.5 Å². The Hall–Kier alpha value is -3.41. The first-order chi connectivity index (χ1) is 14.5. The third-order valence-electron chi connectivity index (χ3n) is 5.18. The molecule has 1 heterocycles. The van der Waals surface area contributed by atoms with Crippen molar-refractivity contribution in [1.82, 2.24) is 9.13 Å². The van der Waals surface area contributed by atoms with Crippen LogP contribution in [0.15, 0.2) is 53.3 Å². The molecule has 3 aromatic rings. The molecule has 6 nitrogen and oxygen atoms in total. The fourth-order valence-electron chi connectivity index (χ4n) is 3.79. The molecule has 1 N–H and O–H groups in total. The second kappa shape index (κ2) is 9.39. The Labute approximate surface area is 175 Å². The number of nitrogens with zero attached hydrogens (tertiary/aromatic N) is 2. The molecule has 0 spiro atoms. The average Bonchev–Trinajstić information content (AvgIpc) is 3.00. The summed E-state index contributed by atoms with van der Waals surface area (Å²) >= 11 is 0. The van der Waals surface area contributed by atoms with Crippen LogP contribution in [0.1, 0.15) is 58.8 Å². The van der Waals surface area contributed by atoms with Crippen LogP contribution in [0.3, 0.4) is 0 Å². The Morgan fingerprint density at radius 3 is 2.30 bits per heavy atom. The molecule has 30 heavy (non-hydrogen) atoms. The van der Waals surface area contributed by atoms with Crippen LogP contribution < -0.4 is 5.69 Å². The topological polar surface area (TPSA) is 81.3 Å². The molecule has 3 rings (SSSR count). The van der Waals surface area contributed by atoms with Gasteiger partial charge in [-0.3, -0.25) is 13.9 Å². The summed E-state index contributed by atoms with van der Waals surface area (Å²) in [7, 11) is 0. The van der Waals surface area contributed by atoms with Crippen LogP contribution in [0.4, 0.5) is 0 Å². The zero-order valence-electron chi connectivity index (χ0n) is 17.3. The van der Waals surface area contributed by atoms with E-state index in [1.165, 1.54) is 0 Å². The fourth-order valence-corrected chi connectivity index (χ4v) is 3.79. The molecule has 0 aliphatic heterocycles. The molecule has 0 saturated carbocycles. The molecule has 0 aliphatic rings. The van der Waals surface area contributed by atoms with E-state index in [-0.39, 0.29) is 11.3 Å². The van der Waals surface area contributed by atoms with Crippen LogP contribution in [0, 0.1) is 0 Å². The summed E-state index contributed by atoms with van der Waals surface area (Å²) in [5.74, 6) is -0.968. The Morgan fingerprint density at radius 2 is 1.70 bits per heavy atom. The second-order valence-corrected chi connectivity index (χ2v) is 7.27. The van der Waals surface area contributed by atoms with Crippen LogP contribution in [0.5, 0.6) is 0 Å². The molecule has 156 valence electrons. The van der Waals surface area contributed by atoms with E-state index in [0.717, 1.165) is 35.9 Å². The molecule has 1 aromatic heterocycles. The van der Waals surface area contributed by atoms with E-state index >= 15 is 0 Å². The number of hydrogen-bond donors (Lipinski definition) is 1. The first-order valence-electron chi connectivity index (χ1n) is 10.2. The quantitative estimate of drug-likeness (QED) is 0.539. The zero-order chi connectivity index (χ0) is 21.7. The highest BCUT2D eigenvalue weighted by molar-refractivity contribution is 5.95. The van der Waals surface area contributed by atoms with Crippen molar-refractivity contribution >= 4 is 12.3 Å². The summed E-state index contributed by atoms with van der Waals surface area (Å²) in [4.78, 5) is 36.1. The second-order valence-electron chi connectivity index (χ2n) is 7.27. The first-order valence-corrected chi connectivity index (χ1v) is 10.2. The van der Waals surface area contributed by atoms with Crippen LogP contribution in [-0.2, 0) is 19.5 Å². The molecular formula is C24H26N2O4. The predicted octanol–water partition coefficient (Wildman–Crippen LogP) is 4.24. The van der Waals surface area contributed by atoms with E-state index in [9.17, 15) is 19.5 Å². The number of rotatable bonds is 9. The number of carbonyl (C=O) groups excluding carboxylic acids is 1. The van der Waals surface area contributed by atoms with Crippen LogP contribution in [-0.4, -0.2) is 26.5 Å². The first kappa shape index (κ1) is 21.3. The Kier molecular flexibility index (Phi) is 6.67. The van der Waals surface area contributed by atoms with Gasteiger partial charge in [0.1, 0.15) is 5.69 Å². The summed E-state index contributed by atoms with van der Waals surface area (Å²) in [6.07, 6.45) is 3.05. The van der Waals surface area contributed by atoms with Crippen molar-refractivity contribution in [2.24, 2.45) is 0 Å². The monoisotopic (exact) mass is 406 g/mol. The molecule has 0 bridgehead atoms. The molecule has 0 aliphatic carbocycles. The summed E-state index contributed by atoms with van der Waals surface area (Å²) in [6.45, 7) is 4.88. The van der Waals surface area contributed by atoms with Gasteiger partial charge in [-0.1, -0.05) is 62.7 Å². The minimum absolute atomic E-state index is 0.164. The SMILES string of the molecule is CCCc1c(C=O)n(CCC)c(=O)n1Cc1ccc(-c2ccccc2C(=O)O)cc1. The van der Waals surface area contributed by atoms with Gasteiger partial charge in [-0.25, -0.2) is 9.59 Å². The summed E-state index contributed by atoms with van der Waals surface area (Å²) in [6, 6.07) is 14.4. The Bertz CT molecular complexity index is 1110. The molecule has 0 amide bonds. The Balaban J connectivity index is 1.97. The summed E-state index contributed by atoms with van der Waals surface area (Å²) in [5, 5.41) is 9.41. The van der Waals surface area contributed by atoms with Gasteiger partial charge >= 0.3 is 11.7 Å². The number of imidazole rings is 1. The highest BCUT2D eigenvalue weighted by Gasteiger charge is 2.18. The lowest BCUT2D eigenvalue weighted by atomic mass is 9.99. The van der Waals surface area contributed by atoms with Gasteiger partial charge in [-0.05, 0) is 35.6 Å². The van der Waals surface area contributed by atoms with Gasteiger partial charge in [0.2, 0.25) is 0 Å². The van der Waals surface area contributed by atoms with E-state index in [1.807, 2.05) is 44.2 Å². The minimum Gasteiger partial charge on any atom is -0.478 e. The molecule has 2 aromatic carbocycles. The van der Waals surface area contributed by atoms with E-state index in [2.05, 4.69) is 0 Å². The average molecular weight is 406 g/mol. The number of carboxylic acids is 1. The number of carboxylic acid groups (broad SMARTS) is 1. The fraction of sp³-hybridized carbons (Fsp3) is 0.292. The van der Waals surface area contributed by atoms with Crippen molar-refractivity contribution in [2.45, 2.75) is 46.2 Å². The standard InChI is InChI=1S/C24H26N2O4/c1-3-7-21-22(16-27)25(14-4-2)24(30)26(21)15-17-10-12-18(13-11-17)19-8-5-6-9-20(19)23(28)29/h5-6,8-13,16H,3-4,7,14-15H2,1-2H3,(H,28,29). The largest absolute Gasteiger partial charge is 0.478 e. The van der Waals surface area contributed by atoms with Gasteiger partial charge < -0.3 is 5.11 Å². The highest BCUT2D eigenvalue weighted by atomic mass is 16.4. The molecular weight excluding hydrogens is 380 g/mol. The normalized spacial score (nSPS) is 10.9. The molecule has 0 fully saturated rings. The van der Waals surface area contributed by atoms with Crippen molar-refractivity contribution in [3.63, 3.8) is 0 Å². The van der Waals surface area contributed by atoms with E-state index in [4.69, 9.17) is 0 Å². The summed E-state index contributed by atoms with van der Waals surface area (Å²) < 4.78 is 3.25. The molecule has 0 unspecified atom stereocenters. The third kappa shape index (κ3) is 4.13. The van der Waals surface area contributed by atoms with Crippen LogP contribution in [0.25, 0.3) is 11.1 Å². The number of aldehydes is 1. The maximum atomic E-state index is 12.9. The van der Waals surface area contributed by atoms with Crippen LogP contribution >= 0.6 is 0 Å². The van der Waals surface area contributed by atoms with Gasteiger partial charge in [0, 0.05) is 6.54 Å². The van der Waals surface area contributed by atoms with Crippen molar-refractivity contribution in [2.75, 3.05) is 0 Å². The van der Waals surface area contributed by atoms with Crippen molar-refractivity contribution in [1.29, 1.82) is 0 Å². The molecule has 0 atom stereocenters. The number of aromatic nitrogens is 2. The lowest BCUT2D eigenvalue weighted by Gasteiger charge is -2.10. The van der Waals surface area contributed by atoms with Crippen molar-refractivity contribution in [3.8, 4) is 11.1 Å². The highest BCUT2D eigenvalue weighted by Crippen LogP contribution is 2.24. The maximum absolute atomic E-state index is 12.9. The lowest BCUT2D eigenvalue weighted by Crippen LogP contribution is -2.26. The van der Waals surface area contributed by atoms with E-state index in [0.29, 0.717) is 30.8 Å². The maximum Gasteiger partial charge on any atom is 0.336 e. The number of benzene rings is 2. The molecule has 0 saturated heterocycles. The zero-order valence-corrected chi connectivity index (χ0v) is 17.3. The summed E-state index contributed by atoms with van der Waals surface area (Å²) in [5.41, 5.74) is 3.69. The lowest BCUT2D eigenvalue weighted by molar-refractivity contribution is 0.0697. The third-order valence-corrected chi connectivity index (χ3v) is 5.18. The number of carbonyl (C=O) groups is 2. The van der Waals surface area contributed by atoms with Crippen LogP contribution in [0.2, 0.25) is 0 Å². The van der Waals surface area contributed by atoms with Gasteiger partial charge in [-0.2, -0.15) is 0 Å². The molecule has 0 radical (unpaired) electrons. The van der Waals surface area contributed by atoms with E-state index < -0.39 is 5.97 Å². The van der Waals surface area contributed by atoms with Gasteiger partial charge in [-0.15, -0.1) is 0 Å². The number of hydrogen-bond acceptors (Lipinski definition) is 3. The smallest absolute Gasteiger partial charge is 0.336 e. The number of aromatic carboxylic acids is 1. The van der Waals surface area contributed by atoms with Gasteiger partial charge in [0.25, 0.3) is 0 Å². The predicted molar refractivity (Wildman–Crippen MR) is 116 cm³/mol. The minimum atomic E-state index is -0.968. The van der Waals surface area contributed by atoms with Gasteiger partial charge in [0.05, 0.1) is 17.8 Å². The molecule has 6 heteroatoms.